The maximum atomic E-state index is 8.71. The van der Waals surface area contributed by atoms with E-state index in [-0.39, 0.29) is 5.41 Å². The van der Waals surface area contributed by atoms with Gasteiger partial charge in [-0.1, -0.05) is 20.8 Å². The van der Waals surface area contributed by atoms with Crippen molar-refractivity contribution in [2.24, 2.45) is 0 Å². The topological polar surface area (TPSA) is 93.4 Å². The standard InChI is InChI=1S/C12H14N6S/c1-12(2,3)10-16-17-11(18(10)14)19-9-5-4-8(6-13)7-15-9/h4-5,7H,14H2,1-3H3. The van der Waals surface area contributed by atoms with Gasteiger partial charge in [-0.25, -0.2) is 9.66 Å². The molecule has 6 nitrogen and oxygen atoms in total. The summed E-state index contributed by atoms with van der Waals surface area (Å²) in [6.07, 6.45) is 1.52. The molecule has 7 heteroatoms. The second-order valence-corrected chi connectivity index (χ2v) is 6.01. The lowest BCUT2D eigenvalue weighted by molar-refractivity contribution is 0.523. The van der Waals surface area contributed by atoms with Crippen LogP contribution in [0.25, 0.3) is 0 Å². The fraction of sp³-hybridized carbons (Fsp3) is 0.333. The molecule has 2 heterocycles. The van der Waals surface area contributed by atoms with E-state index in [2.05, 4.69) is 15.2 Å². The quantitative estimate of drug-likeness (QED) is 0.838. The van der Waals surface area contributed by atoms with Crippen LogP contribution in [0.1, 0.15) is 32.2 Å². The van der Waals surface area contributed by atoms with Crippen molar-refractivity contribution in [3.63, 3.8) is 0 Å². The van der Waals surface area contributed by atoms with E-state index in [4.69, 9.17) is 11.1 Å². The number of nitrogens with zero attached hydrogens (tertiary/aromatic N) is 5. The number of aromatic nitrogens is 4. The molecule has 0 atom stereocenters. The highest BCUT2D eigenvalue weighted by atomic mass is 32.2. The molecule has 19 heavy (non-hydrogen) atoms. The van der Waals surface area contributed by atoms with Crippen molar-refractivity contribution in [3.8, 4) is 6.07 Å². The van der Waals surface area contributed by atoms with Crippen molar-refractivity contribution in [1.29, 1.82) is 5.26 Å². The Morgan fingerprint density at radius 1 is 1.32 bits per heavy atom. The van der Waals surface area contributed by atoms with Crippen molar-refractivity contribution in [2.75, 3.05) is 5.84 Å². The third-order valence-corrected chi connectivity index (χ3v) is 3.31. The normalized spacial score (nSPS) is 11.3. The summed E-state index contributed by atoms with van der Waals surface area (Å²) in [5.74, 6) is 6.70. The zero-order valence-corrected chi connectivity index (χ0v) is 11.8. The lowest BCUT2D eigenvalue weighted by Gasteiger charge is -2.16. The van der Waals surface area contributed by atoms with Crippen LogP contribution >= 0.6 is 11.8 Å². The molecule has 0 spiro atoms. The Labute approximate surface area is 115 Å². The summed E-state index contributed by atoms with van der Waals surface area (Å²) in [4.78, 5) is 4.16. The van der Waals surface area contributed by atoms with Gasteiger partial charge in [0, 0.05) is 11.6 Å². The Balaban J connectivity index is 2.24. The van der Waals surface area contributed by atoms with E-state index in [1.807, 2.05) is 26.8 Å². The number of nitrogen functional groups attached to an aromatic ring is 1. The Morgan fingerprint density at radius 3 is 2.53 bits per heavy atom. The molecule has 0 unspecified atom stereocenters. The van der Waals surface area contributed by atoms with Gasteiger partial charge in [0.15, 0.2) is 5.82 Å². The van der Waals surface area contributed by atoms with Crippen LogP contribution in [0.3, 0.4) is 0 Å². The van der Waals surface area contributed by atoms with Crippen LogP contribution in [0.4, 0.5) is 0 Å². The van der Waals surface area contributed by atoms with Crippen LogP contribution in [-0.2, 0) is 5.41 Å². The number of pyridine rings is 1. The fourth-order valence-corrected chi connectivity index (χ4v) is 2.15. The number of hydrogen-bond donors (Lipinski definition) is 1. The molecule has 0 aliphatic rings. The third kappa shape index (κ3) is 2.85. The highest BCUT2D eigenvalue weighted by molar-refractivity contribution is 7.99. The maximum absolute atomic E-state index is 8.71. The minimum atomic E-state index is -0.168. The molecule has 0 bridgehead atoms. The van der Waals surface area contributed by atoms with Gasteiger partial charge in [-0.15, -0.1) is 10.2 Å². The van der Waals surface area contributed by atoms with Crippen LogP contribution in [-0.4, -0.2) is 19.9 Å². The Hall–Kier alpha value is -2.07. The molecule has 2 rings (SSSR count). The van der Waals surface area contributed by atoms with Crippen LogP contribution in [0.2, 0.25) is 0 Å². The molecule has 2 N–H and O–H groups in total. The molecule has 0 saturated carbocycles. The van der Waals surface area contributed by atoms with Crippen LogP contribution in [0, 0.1) is 11.3 Å². The summed E-state index contributed by atoms with van der Waals surface area (Å²) >= 11 is 1.31. The number of nitriles is 1. The van der Waals surface area contributed by atoms with E-state index < -0.39 is 0 Å². The molecule has 2 aromatic heterocycles. The zero-order valence-electron chi connectivity index (χ0n) is 11.0. The Morgan fingerprint density at radius 2 is 2.05 bits per heavy atom. The lowest BCUT2D eigenvalue weighted by atomic mass is 9.96. The molecular formula is C12H14N6S. The molecule has 2 aromatic rings. The summed E-state index contributed by atoms with van der Waals surface area (Å²) in [6.45, 7) is 6.07. The highest BCUT2D eigenvalue weighted by Gasteiger charge is 2.23. The molecule has 0 aromatic carbocycles. The lowest BCUT2D eigenvalue weighted by Crippen LogP contribution is -2.24. The van der Waals surface area contributed by atoms with Gasteiger partial charge < -0.3 is 5.84 Å². The van der Waals surface area contributed by atoms with Gasteiger partial charge in [-0.05, 0) is 23.9 Å². The monoisotopic (exact) mass is 274 g/mol. The van der Waals surface area contributed by atoms with Crippen molar-refractivity contribution >= 4 is 11.8 Å². The van der Waals surface area contributed by atoms with Gasteiger partial charge in [-0.2, -0.15) is 5.26 Å². The van der Waals surface area contributed by atoms with Crippen LogP contribution in [0.15, 0.2) is 28.5 Å². The minimum Gasteiger partial charge on any atom is -0.336 e. The molecular weight excluding hydrogens is 260 g/mol. The van der Waals surface area contributed by atoms with Crippen molar-refractivity contribution in [2.45, 2.75) is 36.4 Å². The number of nitrogens with two attached hydrogens (primary N) is 1. The SMILES string of the molecule is CC(C)(C)c1nnc(Sc2ccc(C#N)cn2)n1N. The van der Waals surface area contributed by atoms with Gasteiger partial charge in [-0.3, -0.25) is 0 Å². The summed E-state index contributed by atoms with van der Waals surface area (Å²) in [7, 11) is 0. The Bertz CT molecular complexity index is 617. The number of hydrogen-bond acceptors (Lipinski definition) is 6. The van der Waals surface area contributed by atoms with E-state index in [9.17, 15) is 0 Å². The van der Waals surface area contributed by atoms with Crippen molar-refractivity contribution in [3.05, 3.63) is 29.7 Å². The molecule has 0 radical (unpaired) electrons. The van der Waals surface area contributed by atoms with E-state index in [0.717, 1.165) is 5.03 Å². The van der Waals surface area contributed by atoms with Gasteiger partial charge >= 0.3 is 0 Å². The third-order valence-electron chi connectivity index (χ3n) is 2.40. The molecule has 0 saturated heterocycles. The van der Waals surface area contributed by atoms with Crippen molar-refractivity contribution in [1.82, 2.24) is 19.9 Å². The zero-order chi connectivity index (χ0) is 14.0. The smallest absolute Gasteiger partial charge is 0.216 e. The van der Waals surface area contributed by atoms with Crippen LogP contribution in [0.5, 0.6) is 0 Å². The molecule has 0 aliphatic carbocycles. The molecule has 0 amide bonds. The second kappa shape index (κ2) is 4.90. The summed E-state index contributed by atoms with van der Waals surface area (Å²) in [5, 5.41) is 18.2. The van der Waals surface area contributed by atoms with Gasteiger partial charge in [0.1, 0.15) is 11.1 Å². The van der Waals surface area contributed by atoms with Gasteiger partial charge in [0.05, 0.1) is 5.56 Å². The molecule has 0 aliphatic heterocycles. The predicted octanol–water partition coefficient (Wildman–Crippen LogP) is 1.71. The maximum Gasteiger partial charge on any atom is 0.216 e. The minimum absolute atomic E-state index is 0.168. The molecule has 98 valence electrons. The highest BCUT2D eigenvalue weighted by Crippen LogP contribution is 2.27. The first-order valence-electron chi connectivity index (χ1n) is 5.67. The van der Waals surface area contributed by atoms with Crippen molar-refractivity contribution < 1.29 is 0 Å². The van der Waals surface area contributed by atoms with E-state index in [1.54, 1.807) is 12.1 Å². The molecule has 0 fully saturated rings. The summed E-state index contributed by atoms with van der Waals surface area (Å²) in [5.41, 5.74) is 0.354. The predicted molar refractivity (Wildman–Crippen MR) is 71.9 cm³/mol. The van der Waals surface area contributed by atoms with E-state index >= 15 is 0 Å². The average molecular weight is 274 g/mol. The first kappa shape index (κ1) is 13.4. The summed E-state index contributed by atoms with van der Waals surface area (Å²) in [6, 6.07) is 5.49. The van der Waals surface area contributed by atoms with Crippen LogP contribution < -0.4 is 5.84 Å². The Kier molecular flexibility index (Phi) is 3.44. The van der Waals surface area contributed by atoms with E-state index in [0.29, 0.717) is 16.5 Å². The first-order chi connectivity index (χ1) is 8.91. The second-order valence-electron chi connectivity index (χ2n) is 5.03. The fourth-order valence-electron chi connectivity index (χ4n) is 1.46. The van der Waals surface area contributed by atoms with Gasteiger partial charge in [0.25, 0.3) is 0 Å². The van der Waals surface area contributed by atoms with Gasteiger partial charge in [0.2, 0.25) is 5.16 Å². The largest absolute Gasteiger partial charge is 0.336 e. The number of rotatable bonds is 2. The van der Waals surface area contributed by atoms with E-state index in [1.165, 1.54) is 22.6 Å². The first-order valence-corrected chi connectivity index (χ1v) is 6.48. The summed E-state index contributed by atoms with van der Waals surface area (Å²) < 4.78 is 1.48. The average Bonchev–Trinajstić information content (AvgIpc) is 2.72.